The van der Waals surface area contributed by atoms with Crippen LogP contribution in [0.2, 0.25) is 0 Å². The van der Waals surface area contributed by atoms with E-state index in [0.717, 1.165) is 35.7 Å². The molecule has 1 aromatic carbocycles. The molecule has 0 amide bonds. The highest BCUT2D eigenvalue weighted by molar-refractivity contribution is 5.86. The minimum Gasteiger partial charge on any atom is -0.633 e. The fourth-order valence-corrected chi connectivity index (χ4v) is 6.05. The first-order valence-corrected chi connectivity index (χ1v) is 12.5. The predicted octanol–water partition coefficient (Wildman–Crippen LogP) is 3.51. The number of pyridine rings is 2. The van der Waals surface area contributed by atoms with Crippen LogP contribution in [0.4, 0.5) is 0 Å². The number of cyclic esters (lactones) is 1. The summed E-state index contributed by atoms with van der Waals surface area (Å²) < 4.78 is 6.71. The van der Waals surface area contributed by atoms with Gasteiger partial charge in [-0.1, -0.05) is 25.1 Å². The number of piperidine rings is 1. The summed E-state index contributed by atoms with van der Waals surface area (Å²) >= 11 is 0. The number of para-hydroxylation sites is 1. The van der Waals surface area contributed by atoms with Crippen molar-refractivity contribution in [3.05, 3.63) is 68.6 Å². The van der Waals surface area contributed by atoms with Gasteiger partial charge in [-0.3, -0.25) is 9.36 Å². The van der Waals surface area contributed by atoms with E-state index in [1.165, 1.54) is 0 Å². The number of aliphatic hydroxyl groups is 1. The maximum atomic E-state index is 13.9. The van der Waals surface area contributed by atoms with Crippen molar-refractivity contribution in [1.29, 1.82) is 0 Å². The van der Waals surface area contributed by atoms with Gasteiger partial charge in [0.15, 0.2) is 5.60 Å². The van der Waals surface area contributed by atoms with Crippen LogP contribution in [0.25, 0.3) is 22.3 Å². The standard InChI is InChI=1S/C27H29N3O5/c1-2-27(33)20-15-23-24-18(14-17-8-4-5-9-21(17)28-24)22(10-13-30(34)11-6-3-7-12-30)29(23)25(31)19(20)16-35-26(27)32/h4-5,8-9,14-15,22,33H,2-3,6-7,10-13,16H2,1H3/t22?,27-/m0/s1. The molecule has 2 atom stereocenters. The number of aromatic nitrogens is 2. The Balaban J connectivity index is 1.54. The summed E-state index contributed by atoms with van der Waals surface area (Å²) in [6.07, 6.45) is 3.57. The van der Waals surface area contributed by atoms with Gasteiger partial charge in [-0.2, -0.15) is 0 Å². The second-order valence-electron chi connectivity index (χ2n) is 10.1. The zero-order valence-corrected chi connectivity index (χ0v) is 19.8. The highest BCUT2D eigenvalue weighted by atomic mass is 16.6. The Morgan fingerprint density at radius 2 is 1.97 bits per heavy atom. The maximum absolute atomic E-state index is 13.9. The number of ether oxygens (including phenoxy) is 1. The van der Waals surface area contributed by atoms with Crippen LogP contribution in [0.1, 0.15) is 61.8 Å². The van der Waals surface area contributed by atoms with Gasteiger partial charge in [-0.05, 0) is 43.9 Å². The summed E-state index contributed by atoms with van der Waals surface area (Å²) in [5, 5.41) is 25.5. The number of carbonyl (C=O) groups is 1. The van der Waals surface area contributed by atoms with Crippen LogP contribution < -0.4 is 5.56 Å². The first-order valence-electron chi connectivity index (χ1n) is 12.5. The van der Waals surface area contributed by atoms with Crippen molar-refractivity contribution in [2.24, 2.45) is 0 Å². The molecule has 1 N–H and O–H groups in total. The average Bonchev–Trinajstić information content (AvgIpc) is 3.17. The highest BCUT2D eigenvalue weighted by Gasteiger charge is 2.46. The van der Waals surface area contributed by atoms with Gasteiger partial charge in [-0.15, -0.1) is 0 Å². The van der Waals surface area contributed by atoms with Gasteiger partial charge in [0.25, 0.3) is 5.56 Å². The lowest BCUT2D eigenvalue weighted by molar-refractivity contribution is -0.885. The Labute approximate surface area is 202 Å². The molecule has 0 saturated carbocycles. The van der Waals surface area contributed by atoms with Crippen molar-refractivity contribution in [2.75, 3.05) is 19.6 Å². The first-order chi connectivity index (χ1) is 16.8. The van der Waals surface area contributed by atoms with Crippen LogP contribution in [-0.4, -0.2) is 44.9 Å². The summed E-state index contributed by atoms with van der Waals surface area (Å²) in [4.78, 5) is 31.3. The van der Waals surface area contributed by atoms with E-state index < -0.39 is 11.6 Å². The minimum atomic E-state index is -1.87. The van der Waals surface area contributed by atoms with Gasteiger partial charge in [-0.25, -0.2) is 9.78 Å². The van der Waals surface area contributed by atoms with Gasteiger partial charge >= 0.3 is 5.97 Å². The average molecular weight is 476 g/mol. The van der Waals surface area contributed by atoms with E-state index in [9.17, 15) is 19.9 Å². The molecule has 3 aromatic rings. The molecule has 182 valence electrons. The number of fused-ring (bicyclic) bond motifs is 5. The molecule has 0 aliphatic carbocycles. The SMILES string of the molecule is CC[C@@]1(O)C(=O)OCc2c1cc1n(c2=O)C(CC[N+]2([O-])CCCCC2)c2cc3ccccc3nc2-1. The molecular formula is C27H29N3O5. The topological polar surface area (TPSA) is 104 Å². The Morgan fingerprint density at radius 3 is 2.74 bits per heavy atom. The number of carbonyl (C=O) groups excluding carboxylic acids is 1. The normalized spacial score (nSPS) is 24.5. The number of benzene rings is 1. The van der Waals surface area contributed by atoms with Gasteiger partial charge < -0.3 is 19.7 Å². The van der Waals surface area contributed by atoms with E-state index in [1.807, 2.05) is 24.3 Å². The third-order valence-corrected chi connectivity index (χ3v) is 8.09. The zero-order valence-electron chi connectivity index (χ0n) is 19.8. The Bertz CT molecular complexity index is 1410. The summed E-state index contributed by atoms with van der Waals surface area (Å²) in [5.41, 5.74) is 1.40. The lowest BCUT2D eigenvalue weighted by Gasteiger charge is -2.46. The number of rotatable bonds is 4. The lowest BCUT2D eigenvalue weighted by atomic mass is 9.86. The van der Waals surface area contributed by atoms with Crippen LogP contribution in [0, 0.1) is 5.21 Å². The van der Waals surface area contributed by atoms with E-state index in [0.29, 0.717) is 48.6 Å². The molecule has 5 heterocycles. The second kappa shape index (κ2) is 7.98. The Morgan fingerprint density at radius 1 is 1.20 bits per heavy atom. The summed E-state index contributed by atoms with van der Waals surface area (Å²) in [5.74, 6) is -0.735. The smallest absolute Gasteiger partial charge is 0.343 e. The number of nitrogens with zero attached hydrogens (tertiary/aromatic N) is 3. The van der Waals surface area contributed by atoms with E-state index >= 15 is 0 Å². The molecule has 0 radical (unpaired) electrons. The largest absolute Gasteiger partial charge is 0.633 e. The number of hydrogen-bond donors (Lipinski definition) is 1. The molecule has 35 heavy (non-hydrogen) atoms. The summed E-state index contributed by atoms with van der Waals surface area (Å²) in [7, 11) is 0. The number of quaternary nitrogens is 1. The second-order valence-corrected chi connectivity index (χ2v) is 10.1. The van der Waals surface area contributed by atoms with E-state index in [2.05, 4.69) is 6.07 Å². The number of hydrogen-bond acceptors (Lipinski definition) is 6. The minimum absolute atomic E-state index is 0.0966. The fraction of sp³-hybridized carbons (Fsp3) is 0.444. The molecule has 8 heteroatoms. The molecule has 3 aliphatic heterocycles. The predicted molar refractivity (Wildman–Crippen MR) is 130 cm³/mol. The fourth-order valence-electron chi connectivity index (χ4n) is 6.05. The number of likely N-dealkylation sites (tertiary alicyclic amines) is 1. The van der Waals surface area contributed by atoms with Gasteiger partial charge in [0.2, 0.25) is 0 Å². The molecule has 0 spiro atoms. The molecule has 0 bridgehead atoms. The van der Waals surface area contributed by atoms with Crippen molar-refractivity contribution in [2.45, 2.75) is 57.3 Å². The Hall–Kier alpha value is -3.07. The van der Waals surface area contributed by atoms with Crippen molar-refractivity contribution in [1.82, 2.24) is 9.55 Å². The maximum Gasteiger partial charge on any atom is 0.343 e. The number of esters is 1. The van der Waals surface area contributed by atoms with Crippen LogP contribution >= 0.6 is 0 Å². The van der Waals surface area contributed by atoms with Gasteiger partial charge in [0.1, 0.15) is 6.61 Å². The van der Waals surface area contributed by atoms with Crippen LogP contribution in [-0.2, 0) is 21.7 Å². The Kier molecular flexibility index (Phi) is 5.11. The summed E-state index contributed by atoms with van der Waals surface area (Å²) in [6.45, 7) is 3.17. The molecule has 1 saturated heterocycles. The van der Waals surface area contributed by atoms with Crippen molar-refractivity contribution >= 4 is 16.9 Å². The third-order valence-electron chi connectivity index (χ3n) is 8.09. The van der Waals surface area contributed by atoms with Crippen molar-refractivity contribution < 1.29 is 19.3 Å². The number of hydroxylamine groups is 3. The highest BCUT2D eigenvalue weighted by Crippen LogP contribution is 2.44. The zero-order chi connectivity index (χ0) is 24.4. The van der Waals surface area contributed by atoms with E-state index in [4.69, 9.17) is 9.72 Å². The van der Waals surface area contributed by atoms with E-state index in [1.54, 1.807) is 17.6 Å². The molecule has 2 aromatic heterocycles. The molecule has 6 rings (SSSR count). The van der Waals surface area contributed by atoms with Crippen molar-refractivity contribution in [3.8, 4) is 11.4 Å². The van der Waals surface area contributed by atoms with Gasteiger partial charge in [0.05, 0.1) is 48.1 Å². The van der Waals surface area contributed by atoms with Crippen LogP contribution in [0.5, 0.6) is 0 Å². The molecule has 3 aliphatic rings. The van der Waals surface area contributed by atoms with Gasteiger partial charge in [0, 0.05) is 22.9 Å². The van der Waals surface area contributed by atoms with Crippen molar-refractivity contribution in [3.63, 3.8) is 0 Å². The first kappa shape index (κ1) is 22.4. The monoisotopic (exact) mass is 475 g/mol. The summed E-state index contributed by atoms with van der Waals surface area (Å²) in [6, 6.07) is 11.3. The third kappa shape index (κ3) is 3.35. The van der Waals surface area contributed by atoms with Crippen LogP contribution in [0.15, 0.2) is 41.2 Å². The molecule has 8 nitrogen and oxygen atoms in total. The molecule has 1 unspecified atom stereocenters. The lowest BCUT2D eigenvalue weighted by Crippen LogP contribution is -2.47. The molecular weight excluding hydrogens is 446 g/mol. The van der Waals surface area contributed by atoms with Crippen LogP contribution in [0.3, 0.4) is 0 Å². The quantitative estimate of drug-likeness (QED) is 0.352. The van der Waals surface area contributed by atoms with E-state index in [-0.39, 0.29) is 29.3 Å². The molecule has 1 fully saturated rings.